The second kappa shape index (κ2) is 9.88. The highest BCUT2D eigenvalue weighted by Gasteiger charge is 2.34. The number of hydrogen-bond acceptors (Lipinski definition) is 4. The zero-order chi connectivity index (χ0) is 20.7. The van der Waals surface area contributed by atoms with Crippen LogP contribution in [-0.2, 0) is 11.2 Å². The van der Waals surface area contributed by atoms with Crippen LogP contribution in [0.5, 0.6) is 0 Å². The van der Waals surface area contributed by atoms with Crippen molar-refractivity contribution in [2.75, 3.05) is 5.32 Å². The molecule has 0 aromatic heterocycles. The van der Waals surface area contributed by atoms with E-state index in [2.05, 4.69) is 16.0 Å². The lowest BCUT2D eigenvalue weighted by Gasteiger charge is -2.27. The Balaban J connectivity index is 1.98. The number of hydrogen-bond donors (Lipinski definition) is 3. The molecule has 0 spiro atoms. The number of nitrogens with zero attached hydrogens (tertiary/aromatic N) is 1. The maximum absolute atomic E-state index is 12.3. The van der Waals surface area contributed by atoms with Gasteiger partial charge in [0, 0.05) is 17.8 Å². The molecule has 0 radical (unpaired) electrons. The van der Waals surface area contributed by atoms with Crippen molar-refractivity contribution < 1.29 is 9.72 Å². The van der Waals surface area contributed by atoms with Crippen LogP contribution in [0.1, 0.15) is 5.56 Å². The van der Waals surface area contributed by atoms with Crippen molar-refractivity contribution in [3.8, 4) is 0 Å². The van der Waals surface area contributed by atoms with Crippen LogP contribution < -0.4 is 16.0 Å². The first-order valence-corrected chi connectivity index (χ1v) is 9.41. The molecule has 28 heavy (non-hydrogen) atoms. The summed E-state index contributed by atoms with van der Waals surface area (Å²) >= 11 is 23.0. The van der Waals surface area contributed by atoms with E-state index in [-0.39, 0.29) is 23.1 Å². The van der Waals surface area contributed by atoms with Crippen molar-refractivity contribution in [2.24, 2.45) is 0 Å². The normalized spacial score (nSPS) is 12.0. The number of amides is 1. The Morgan fingerprint density at radius 3 is 2.21 bits per heavy atom. The maximum Gasteiger partial charge on any atom is 0.269 e. The van der Waals surface area contributed by atoms with E-state index in [0.717, 1.165) is 5.56 Å². The second-order valence-corrected chi connectivity index (χ2v) is 8.38. The van der Waals surface area contributed by atoms with Gasteiger partial charge >= 0.3 is 0 Å². The zero-order valence-electron chi connectivity index (χ0n) is 14.2. The molecule has 0 aliphatic carbocycles. The van der Waals surface area contributed by atoms with Crippen LogP contribution in [0.2, 0.25) is 0 Å². The van der Waals surface area contributed by atoms with Crippen molar-refractivity contribution in [3.63, 3.8) is 0 Å². The molecule has 3 N–H and O–H groups in total. The Hall–Kier alpha value is -2.13. The second-order valence-electron chi connectivity index (χ2n) is 5.61. The standard InChI is InChI=1S/C17H15Cl3N4O3S/c18-17(19,20)15(22-14(25)10-11-4-2-1-3-5-11)23-16(28)21-12-6-8-13(9-7-12)24(26)27/h1-9,15H,10H2,(H,22,25)(H2,21,23,28)/t15-/m1/s1. The van der Waals surface area contributed by atoms with Crippen LogP contribution in [0.15, 0.2) is 54.6 Å². The summed E-state index contributed by atoms with van der Waals surface area (Å²) in [4.78, 5) is 22.4. The molecule has 0 fully saturated rings. The summed E-state index contributed by atoms with van der Waals surface area (Å²) < 4.78 is -1.88. The monoisotopic (exact) mass is 460 g/mol. The lowest BCUT2D eigenvalue weighted by molar-refractivity contribution is -0.384. The molecule has 0 unspecified atom stereocenters. The number of benzene rings is 2. The van der Waals surface area contributed by atoms with Gasteiger partial charge in [-0.2, -0.15) is 0 Å². The predicted octanol–water partition coefficient (Wildman–Crippen LogP) is 3.94. The predicted molar refractivity (Wildman–Crippen MR) is 115 cm³/mol. The fourth-order valence-electron chi connectivity index (χ4n) is 2.16. The van der Waals surface area contributed by atoms with E-state index in [1.165, 1.54) is 24.3 Å². The van der Waals surface area contributed by atoms with Crippen molar-refractivity contribution in [1.29, 1.82) is 0 Å². The Bertz CT molecular complexity index is 845. The molecule has 0 saturated heterocycles. The molecule has 0 heterocycles. The van der Waals surface area contributed by atoms with E-state index in [1.807, 2.05) is 18.2 Å². The highest BCUT2D eigenvalue weighted by molar-refractivity contribution is 7.80. The van der Waals surface area contributed by atoms with Gasteiger partial charge in [0.2, 0.25) is 9.70 Å². The number of nitrogens with one attached hydrogen (secondary N) is 3. The van der Waals surface area contributed by atoms with Crippen molar-refractivity contribution in [1.82, 2.24) is 10.6 Å². The first kappa shape index (κ1) is 22.2. The molecule has 148 valence electrons. The lowest BCUT2D eigenvalue weighted by atomic mass is 10.1. The quantitative estimate of drug-likeness (QED) is 0.198. The number of carbonyl (C=O) groups excluding carboxylic acids is 1. The summed E-state index contributed by atoms with van der Waals surface area (Å²) in [6, 6.07) is 14.7. The van der Waals surface area contributed by atoms with E-state index in [9.17, 15) is 14.9 Å². The zero-order valence-corrected chi connectivity index (χ0v) is 17.3. The van der Waals surface area contributed by atoms with Gasteiger partial charge in [-0.3, -0.25) is 14.9 Å². The average molecular weight is 462 g/mol. The lowest BCUT2D eigenvalue weighted by Crippen LogP contribution is -2.56. The van der Waals surface area contributed by atoms with E-state index in [4.69, 9.17) is 47.0 Å². The summed E-state index contributed by atoms with van der Waals surface area (Å²) in [5.74, 6) is -0.367. The number of carbonyl (C=O) groups is 1. The largest absolute Gasteiger partial charge is 0.339 e. The van der Waals surface area contributed by atoms with Gasteiger partial charge in [0.25, 0.3) is 5.69 Å². The highest BCUT2D eigenvalue weighted by Crippen LogP contribution is 2.29. The third-order valence-electron chi connectivity index (χ3n) is 3.45. The molecule has 0 bridgehead atoms. The first-order valence-electron chi connectivity index (χ1n) is 7.87. The van der Waals surface area contributed by atoms with Crippen molar-refractivity contribution in [3.05, 3.63) is 70.3 Å². The average Bonchev–Trinajstić information content (AvgIpc) is 2.61. The molecule has 2 aromatic carbocycles. The van der Waals surface area contributed by atoms with Gasteiger partial charge in [0.05, 0.1) is 11.3 Å². The fraction of sp³-hybridized carbons (Fsp3) is 0.176. The van der Waals surface area contributed by atoms with Crippen molar-refractivity contribution >= 4 is 69.4 Å². The van der Waals surface area contributed by atoms with Crippen molar-refractivity contribution in [2.45, 2.75) is 16.4 Å². The van der Waals surface area contributed by atoms with Crippen LogP contribution in [0.4, 0.5) is 11.4 Å². The Morgan fingerprint density at radius 1 is 1.07 bits per heavy atom. The van der Waals surface area contributed by atoms with Crippen LogP contribution in [0.3, 0.4) is 0 Å². The van der Waals surface area contributed by atoms with E-state index in [1.54, 1.807) is 12.1 Å². The van der Waals surface area contributed by atoms with Crippen LogP contribution in [0, 0.1) is 10.1 Å². The summed E-state index contributed by atoms with van der Waals surface area (Å²) in [7, 11) is 0. The molecular weight excluding hydrogens is 447 g/mol. The molecule has 0 aliphatic heterocycles. The van der Waals surface area contributed by atoms with E-state index >= 15 is 0 Å². The van der Waals surface area contributed by atoms with E-state index < -0.39 is 14.9 Å². The van der Waals surface area contributed by atoms with E-state index in [0.29, 0.717) is 5.69 Å². The molecule has 11 heteroatoms. The number of thiocarbonyl (C=S) groups is 1. The summed E-state index contributed by atoms with van der Waals surface area (Å²) in [6.45, 7) is 0. The number of anilines is 1. The van der Waals surface area contributed by atoms with Crippen LogP contribution in [0.25, 0.3) is 0 Å². The smallest absolute Gasteiger partial charge is 0.269 e. The molecular formula is C17H15Cl3N4O3S. The number of halogens is 3. The number of non-ortho nitro benzene ring substituents is 1. The van der Waals surface area contributed by atoms with Gasteiger partial charge in [0.15, 0.2) is 5.11 Å². The molecule has 2 aromatic rings. The maximum atomic E-state index is 12.3. The third kappa shape index (κ3) is 7.12. The molecule has 1 atom stereocenters. The number of rotatable bonds is 6. The molecule has 7 nitrogen and oxygen atoms in total. The summed E-state index contributed by atoms with van der Waals surface area (Å²) in [6.07, 6.45) is -1.01. The topological polar surface area (TPSA) is 96.3 Å². The minimum absolute atomic E-state index is 0.0585. The Labute approximate surface area is 181 Å². The summed E-state index contributed by atoms with van der Waals surface area (Å²) in [5.41, 5.74) is 1.23. The van der Waals surface area contributed by atoms with Gasteiger partial charge < -0.3 is 16.0 Å². The van der Waals surface area contributed by atoms with Gasteiger partial charge in [-0.05, 0) is 29.9 Å². The third-order valence-corrected chi connectivity index (χ3v) is 4.33. The SMILES string of the molecule is O=C(Cc1ccccc1)N[C@H](NC(=S)Nc1ccc([N+](=O)[O-])cc1)C(Cl)(Cl)Cl. The molecule has 2 rings (SSSR count). The minimum Gasteiger partial charge on any atom is -0.339 e. The van der Waals surface area contributed by atoms with Gasteiger partial charge in [-0.25, -0.2) is 0 Å². The van der Waals surface area contributed by atoms with Crippen LogP contribution in [-0.4, -0.2) is 25.9 Å². The Morgan fingerprint density at radius 2 is 1.68 bits per heavy atom. The first-order chi connectivity index (χ1) is 13.1. The number of nitro groups is 1. The fourth-order valence-corrected chi connectivity index (χ4v) is 2.72. The van der Waals surface area contributed by atoms with Gasteiger partial charge in [0.1, 0.15) is 6.17 Å². The number of alkyl halides is 3. The van der Waals surface area contributed by atoms with Gasteiger partial charge in [-0.15, -0.1) is 0 Å². The molecule has 0 aliphatic rings. The molecule has 0 saturated carbocycles. The highest BCUT2D eigenvalue weighted by atomic mass is 35.6. The Kier molecular flexibility index (Phi) is 7.82. The molecule has 1 amide bonds. The summed E-state index contributed by atoms with van der Waals surface area (Å²) in [5, 5.41) is 18.9. The van der Waals surface area contributed by atoms with Crippen LogP contribution >= 0.6 is 47.0 Å². The minimum atomic E-state index is -1.88. The number of nitro benzene ring substituents is 1. The van der Waals surface area contributed by atoms with Gasteiger partial charge in [-0.1, -0.05) is 65.1 Å².